The van der Waals surface area contributed by atoms with E-state index < -0.39 is 0 Å². The first-order valence-corrected chi connectivity index (χ1v) is 10.8. The van der Waals surface area contributed by atoms with Gasteiger partial charge in [-0.15, -0.1) is 0 Å². The number of carbonyl (C=O) groups is 1. The van der Waals surface area contributed by atoms with Gasteiger partial charge in [-0.3, -0.25) is 9.88 Å². The highest BCUT2D eigenvalue weighted by atomic mass is 16.2. The summed E-state index contributed by atoms with van der Waals surface area (Å²) in [4.78, 5) is 22.2. The first-order valence-electron chi connectivity index (χ1n) is 10.8. The number of nitrogens with zero attached hydrogens (tertiary/aromatic N) is 3. The highest BCUT2D eigenvalue weighted by Crippen LogP contribution is 2.25. The summed E-state index contributed by atoms with van der Waals surface area (Å²) < 4.78 is 0. The second kappa shape index (κ2) is 9.26. The van der Waals surface area contributed by atoms with Gasteiger partial charge in [0.1, 0.15) is 0 Å². The van der Waals surface area contributed by atoms with E-state index in [0.717, 1.165) is 30.6 Å². The lowest BCUT2D eigenvalue weighted by Crippen LogP contribution is -2.54. The molecule has 0 aliphatic carbocycles. The molecule has 0 saturated carbocycles. The molecular formula is C25H30N4O. The molecule has 1 fully saturated rings. The summed E-state index contributed by atoms with van der Waals surface area (Å²) in [5.41, 5.74) is 2.04. The number of rotatable bonds is 5. The van der Waals surface area contributed by atoms with Gasteiger partial charge < -0.3 is 10.2 Å². The van der Waals surface area contributed by atoms with E-state index in [2.05, 4.69) is 59.5 Å². The van der Waals surface area contributed by atoms with E-state index in [1.807, 2.05) is 35.2 Å². The average Bonchev–Trinajstić information content (AvgIpc) is 2.78. The number of benzene rings is 2. The number of piperidine rings is 1. The molecule has 0 radical (unpaired) electrons. The Morgan fingerprint density at radius 2 is 1.93 bits per heavy atom. The Balaban J connectivity index is 1.57. The predicted octanol–water partition coefficient (Wildman–Crippen LogP) is 4.95. The van der Waals surface area contributed by atoms with Gasteiger partial charge in [-0.05, 0) is 68.2 Å². The molecule has 2 atom stereocenters. The molecule has 3 aromatic rings. The first kappa shape index (κ1) is 20.4. The summed E-state index contributed by atoms with van der Waals surface area (Å²) in [6.07, 6.45) is 5.17. The Kier molecular flexibility index (Phi) is 6.29. The predicted molar refractivity (Wildman–Crippen MR) is 121 cm³/mol. The van der Waals surface area contributed by atoms with Crippen LogP contribution in [0.15, 0.2) is 66.9 Å². The number of hydrogen-bond acceptors (Lipinski definition) is 3. The number of carbonyl (C=O) groups excluding carboxylic acids is 1. The molecule has 1 aliphatic heterocycles. The molecule has 1 aliphatic rings. The Hall–Kier alpha value is -2.92. The van der Waals surface area contributed by atoms with Crippen molar-refractivity contribution in [2.75, 3.05) is 13.6 Å². The second-order valence-electron chi connectivity index (χ2n) is 8.15. The van der Waals surface area contributed by atoms with Gasteiger partial charge in [0.2, 0.25) is 0 Å². The number of nitrogens with one attached hydrogen (secondary N) is 1. The minimum Gasteiger partial charge on any atom is -0.331 e. The highest BCUT2D eigenvalue weighted by Gasteiger charge is 2.30. The molecule has 2 aromatic carbocycles. The normalized spacial score (nSPS) is 18.1. The van der Waals surface area contributed by atoms with E-state index in [1.165, 1.54) is 17.2 Å². The molecular weight excluding hydrogens is 372 g/mol. The lowest BCUT2D eigenvalue weighted by molar-refractivity contribution is 0.0491. The van der Waals surface area contributed by atoms with Crippen LogP contribution >= 0.6 is 0 Å². The quantitative estimate of drug-likeness (QED) is 0.657. The van der Waals surface area contributed by atoms with Crippen LogP contribution in [0, 0.1) is 0 Å². The summed E-state index contributed by atoms with van der Waals surface area (Å²) in [5, 5.41) is 5.63. The van der Waals surface area contributed by atoms with Crippen LogP contribution in [0.25, 0.3) is 10.8 Å². The van der Waals surface area contributed by atoms with Crippen LogP contribution in [-0.2, 0) is 6.54 Å². The zero-order valence-corrected chi connectivity index (χ0v) is 17.8. The van der Waals surface area contributed by atoms with Crippen molar-refractivity contribution in [3.8, 4) is 0 Å². The van der Waals surface area contributed by atoms with E-state index in [0.29, 0.717) is 6.54 Å². The number of amides is 2. The Morgan fingerprint density at radius 1 is 1.13 bits per heavy atom. The summed E-state index contributed by atoms with van der Waals surface area (Å²) >= 11 is 0. The summed E-state index contributed by atoms with van der Waals surface area (Å²) in [5.74, 6) is 0. The number of pyridine rings is 1. The minimum atomic E-state index is -0.0938. The van der Waals surface area contributed by atoms with Crippen molar-refractivity contribution in [2.45, 2.75) is 44.9 Å². The molecule has 2 unspecified atom stereocenters. The second-order valence-corrected chi connectivity index (χ2v) is 8.15. The third-order valence-electron chi connectivity index (χ3n) is 6.04. The van der Waals surface area contributed by atoms with Crippen LogP contribution in [-0.4, -0.2) is 40.6 Å². The Bertz CT molecular complexity index is 985. The maximum absolute atomic E-state index is 13.5. The molecule has 1 aromatic heterocycles. The van der Waals surface area contributed by atoms with Gasteiger partial charge in [0.25, 0.3) is 0 Å². The third-order valence-corrected chi connectivity index (χ3v) is 6.04. The summed E-state index contributed by atoms with van der Waals surface area (Å²) in [6, 6.07) is 20.3. The molecule has 1 N–H and O–H groups in total. The highest BCUT2D eigenvalue weighted by molar-refractivity contribution is 5.86. The lowest BCUT2D eigenvalue weighted by Gasteiger charge is -2.41. The van der Waals surface area contributed by atoms with Gasteiger partial charge >= 0.3 is 6.03 Å². The molecule has 1 saturated heterocycles. The topological polar surface area (TPSA) is 48.5 Å². The monoisotopic (exact) mass is 402 g/mol. The third kappa shape index (κ3) is 4.46. The Morgan fingerprint density at radius 3 is 2.73 bits per heavy atom. The smallest absolute Gasteiger partial charge is 0.319 e. The maximum Gasteiger partial charge on any atom is 0.319 e. The van der Waals surface area contributed by atoms with Crippen LogP contribution in [0.3, 0.4) is 0 Å². The fourth-order valence-corrected chi connectivity index (χ4v) is 4.40. The Labute approximate surface area is 178 Å². The number of urea groups is 1. The largest absolute Gasteiger partial charge is 0.331 e. The van der Waals surface area contributed by atoms with Gasteiger partial charge in [0.05, 0.1) is 24.4 Å². The molecule has 156 valence electrons. The van der Waals surface area contributed by atoms with Crippen LogP contribution in [0.4, 0.5) is 4.79 Å². The van der Waals surface area contributed by atoms with E-state index in [9.17, 15) is 4.79 Å². The van der Waals surface area contributed by atoms with Crippen molar-refractivity contribution in [3.63, 3.8) is 0 Å². The number of aromatic nitrogens is 1. The molecule has 2 heterocycles. The summed E-state index contributed by atoms with van der Waals surface area (Å²) in [7, 11) is 2.11. The standard InChI is InChI=1S/C25H30N4O/c1-19(22-14-9-11-20-10-3-4-13-23(20)22)27-25(30)29(18-21-12-5-7-16-26-21)24-15-6-8-17-28(24)2/h3-5,7,9-14,16,19,24H,6,8,15,17-18H2,1-2H3,(H,27,30). The molecule has 5 nitrogen and oxygen atoms in total. The van der Waals surface area contributed by atoms with Crippen molar-refractivity contribution in [3.05, 3.63) is 78.1 Å². The number of hydrogen-bond donors (Lipinski definition) is 1. The van der Waals surface area contributed by atoms with Crippen molar-refractivity contribution in [1.82, 2.24) is 20.1 Å². The molecule has 5 heteroatoms. The molecule has 0 spiro atoms. The number of fused-ring (bicyclic) bond motifs is 1. The van der Waals surface area contributed by atoms with E-state index in [4.69, 9.17) is 0 Å². The van der Waals surface area contributed by atoms with Gasteiger partial charge in [-0.2, -0.15) is 0 Å². The fourth-order valence-electron chi connectivity index (χ4n) is 4.40. The molecule has 2 amide bonds. The van der Waals surface area contributed by atoms with Crippen molar-refractivity contribution < 1.29 is 4.79 Å². The maximum atomic E-state index is 13.5. The van der Waals surface area contributed by atoms with Gasteiger partial charge in [0.15, 0.2) is 0 Å². The van der Waals surface area contributed by atoms with Crippen LogP contribution in [0.1, 0.15) is 43.5 Å². The molecule has 30 heavy (non-hydrogen) atoms. The van der Waals surface area contributed by atoms with E-state index in [1.54, 1.807) is 6.20 Å². The van der Waals surface area contributed by atoms with Gasteiger partial charge in [-0.1, -0.05) is 48.5 Å². The first-order chi connectivity index (χ1) is 14.6. The van der Waals surface area contributed by atoms with Crippen LogP contribution in [0.2, 0.25) is 0 Å². The summed E-state index contributed by atoms with van der Waals surface area (Å²) in [6.45, 7) is 3.57. The fraction of sp³-hybridized carbons (Fsp3) is 0.360. The minimum absolute atomic E-state index is 0.0418. The van der Waals surface area contributed by atoms with Gasteiger partial charge in [-0.25, -0.2) is 4.79 Å². The van der Waals surface area contributed by atoms with Crippen LogP contribution < -0.4 is 5.32 Å². The average molecular weight is 403 g/mol. The molecule has 4 rings (SSSR count). The zero-order chi connectivity index (χ0) is 20.9. The van der Waals surface area contributed by atoms with Crippen LogP contribution in [0.5, 0.6) is 0 Å². The van der Waals surface area contributed by atoms with Crippen molar-refractivity contribution in [2.24, 2.45) is 0 Å². The van der Waals surface area contributed by atoms with Gasteiger partial charge in [0, 0.05) is 6.20 Å². The van der Waals surface area contributed by atoms with E-state index in [-0.39, 0.29) is 18.2 Å². The van der Waals surface area contributed by atoms with Crippen molar-refractivity contribution in [1.29, 1.82) is 0 Å². The van der Waals surface area contributed by atoms with E-state index >= 15 is 0 Å². The molecule has 0 bridgehead atoms. The zero-order valence-electron chi connectivity index (χ0n) is 17.8. The SMILES string of the molecule is CC(NC(=O)N(Cc1ccccn1)C1CCCCN1C)c1cccc2ccccc12. The van der Waals surface area contributed by atoms with Crippen molar-refractivity contribution >= 4 is 16.8 Å². The number of likely N-dealkylation sites (tertiary alicyclic amines) is 1. The lowest BCUT2D eigenvalue weighted by atomic mass is 10.00.